The van der Waals surface area contributed by atoms with Gasteiger partial charge in [-0.2, -0.15) is 0 Å². The van der Waals surface area contributed by atoms with Gasteiger partial charge in [0.2, 0.25) is 5.91 Å². The van der Waals surface area contributed by atoms with Crippen LogP contribution >= 0.6 is 12.4 Å². The molecule has 1 saturated heterocycles. The van der Waals surface area contributed by atoms with Gasteiger partial charge in [-0.15, -0.1) is 12.4 Å². The van der Waals surface area contributed by atoms with Crippen LogP contribution in [0.25, 0.3) is 0 Å². The molecule has 1 aliphatic heterocycles. The molecule has 0 aromatic carbocycles. The number of rotatable bonds is 4. The molecule has 0 aromatic rings. The van der Waals surface area contributed by atoms with Crippen LogP contribution < -0.4 is 10.6 Å². The number of hydrogen-bond acceptors (Lipinski definition) is 5. The highest BCUT2D eigenvalue weighted by Crippen LogP contribution is 2.33. The zero-order chi connectivity index (χ0) is 15.3. The molecule has 0 radical (unpaired) electrons. The second-order valence-corrected chi connectivity index (χ2v) is 6.23. The quantitative estimate of drug-likeness (QED) is 0.751. The summed E-state index contributed by atoms with van der Waals surface area (Å²) in [5.41, 5.74) is -0.839. The molecule has 2 fully saturated rings. The molecule has 0 aromatic heterocycles. The van der Waals surface area contributed by atoms with E-state index in [4.69, 9.17) is 9.47 Å². The predicted octanol–water partition coefficient (Wildman–Crippen LogP) is 1.02. The summed E-state index contributed by atoms with van der Waals surface area (Å²) in [4.78, 5) is 24.4. The molecular weight excluding hydrogens is 308 g/mol. The van der Waals surface area contributed by atoms with Crippen molar-refractivity contribution in [3.63, 3.8) is 0 Å². The molecule has 1 saturated carbocycles. The Morgan fingerprint density at radius 1 is 1.36 bits per heavy atom. The monoisotopic (exact) mass is 334 g/mol. The van der Waals surface area contributed by atoms with E-state index in [9.17, 15) is 9.59 Å². The summed E-state index contributed by atoms with van der Waals surface area (Å²) in [6.07, 6.45) is 3.50. The maximum Gasteiger partial charge on any atom is 0.331 e. The molecule has 2 aliphatic rings. The molecule has 1 heterocycles. The van der Waals surface area contributed by atoms with Crippen molar-refractivity contribution < 1.29 is 19.1 Å². The van der Waals surface area contributed by atoms with E-state index in [1.54, 1.807) is 0 Å². The van der Waals surface area contributed by atoms with Crippen LogP contribution in [0.4, 0.5) is 0 Å². The zero-order valence-corrected chi connectivity index (χ0v) is 14.2. The van der Waals surface area contributed by atoms with Gasteiger partial charge in [0.15, 0.2) is 0 Å². The van der Waals surface area contributed by atoms with E-state index in [1.165, 1.54) is 7.11 Å². The van der Waals surface area contributed by atoms with Gasteiger partial charge >= 0.3 is 5.97 Å². The van der Waals surface area contributed by atoms with E-state index < -0.39 is 5.54 Å². The first-order valence-electron chi connectivity index (χ1n) is 7.76. The largest absolute Gasteiger partial charge is 0.467 e. The Labute approximate surface area is 138 Å². The Kier molecular flexibility index (Phi) is 7.59. The van der Waals surface area contributed by atoms with Crippen molar-refractivity contribution in [3.05, 3.63) is 0 Å². The van der Waals surface area contributed by atoms with Gasteiger partial charge in [-0.3, -0.25) is 4.79 Å². The molecule has 0 spiro atoms. The fourth-order valence-electron chi connectivity index (χ4n) is 3.12. The summed E-state index contributed by atoms with van der Waals surface area (Å²) < 4.78 is 10.3. The lowest BCUT2D eigenvalue weighted by atomic mass is 9.77. The van der Waals surface area contributed by atoms with Crippen LogP contribution in [0.1, 0.15) is 39.0 Å². The number of esters is 1. The maximum absolute atomic E-state index is 12.3. The topological polar surface area (TPSA) is 76.7 Å². The SMILES string of the molecule is COC(=O)C1(NC(=O)CC2COCCN2)CCC(C)CC1.Cl. The van der Waals surface area contributed by atoms with Gasteiger partial charge < -0.3 is 20.1 Å². The molecule has 1 aliphatic carbocycles. The molecule has 2 N–H and O–H groups in total. The van der Waals surface area contributed by atoms with E-state index in [0.29, 0.717) is 38.4 Å². The molecule has 1 amide bonds. The molecule has 1 atom stereocenters. The smallest absolute Gasteiger partial charge is 0.331 e. The van der Waals surface area contributed by atoms with Gasteiger partial charge in [-0.05, 0) is 31.6 Å². The molecule has 1 unspecified atom stereocenters. The number of morpholine rings is 1. The third kappa shape index (κ3) is 4.83. The third-order valence-electron chi connectivity index (χ3n) is 4.51. The van der Waals surface area contributed by atoms with E-state index >= 15 is 0 Å². The van der Waals surface area contributed by atoms with E-state index in [-0.39, 0.29) is 30.3 Å². The number of carbonyl (C=O) groups excluding carboxylic acids is 2. The average molecular weight is 335 g/mol. The van der Waals surface area contributed by atoms with E-state index in [0.717, 1.165) is 19.4 Å². The van der Waals surface area contributed by atoms with Crippen LogP contribution in [0.2, 0.25) is 0 Å². The van der Waals surface area contributed by atoms with E-state index in [2.05, 4.69) is 17.6 Å². The van der Waals surface area contributed by atoms with Crippen LogP contribution in [0.15, 0.2) is 0 Å². The zero-order valence-electron chi connectivity index (χ0n) is 13.4. The summed E-state index contributed by atoms with van der Waals surface area (Å²) >= 11 is 0. The number of methoxy groups -OCH3 is 1. The van der Waals surface area contributed by atoms with E-state index in [1.807, 2.05) is 0 Å². The van der Waals surface area contributed by atoms with Crippen LogP contribution in [0, 0.1) is 5.92 Å². The Bertz CT molecular complexity index is 378. The average Bonchev–Trinajstić information content (AvgIpc) is 2.50. The highest BCUT2D eigenvalue weighted by atomic mass is 35.5. The van der Waals surface area contributed by atoms with Crippen LogP contribution in [-0.4, -0.2) is 50.3 Å². The second-order valence-electron chi connectivity index (χ2n) is 6.23. The minimum absolute atomic E-state index is 0. The summed E-state index contributed by atoms with van der Waals surface area (Å²) in [7, 11) is 1.38. The van der Waals surface area contributed by atoms with Gasteiger partial charge in [0.1, 0.15) is 5.54 Å². The number of ether oxygens (including phenoxy) is 2. The normalized spacial score (nSPS) is 31.7. The summed E-state index contributed by atoms with van der Waals surface area (Å²) in [6.45, 7) is 4.15. The highest BCUT2D eigenvalue weighted by molar-refractivity contribution is 5.88. The number of nitrogens with one attached hydrogen (secondary N) is 2. The first-order valence-corrected chi connectivity index (χ1v) is 7.76. The Hall–Kier alpha value is -0.850. The van der Waals surface area contributed by atoms with Gasteiger partial charge in [-0.1, -0.05) is 6.92 Å². The highest BCUT2D eigenvalue weighted by Gasteiger charge is 2.43. The number of carbonyl (C=O) groups is 2. The van der Waals surface area contributed by atoms with Crippen molar-refractivity contribution in [2.45, 2.75) is 50.6 Å². The minimum atomic E-state index is -0.839. The molecule has 6 nitrogen and oxygen atoms in total. The third-order valence-corrected chi connectivity index (χ3v) is 4.51. The predicted molar refractivity (Wildman–Crippen MR) is 85.0 cm³/mol. The van der Waals surface area contributed by atoms with Gasteiger partial charge in [0, 0.05) is 19.0 Å². The molecule has 22 heavy (non-hydrogen) atoms. The van der Waals surface area contributed by atoms with Crippen molar-refractivity contribution >= 4 is 24.3 Å². The van der Waals surface area contributed by atoms with Crippen LogP contribution in [0.5, 0.6) is 0 Å². The lowest BCUT2D eigenvalue weighted by molar-refractivity contribution is -0.153. The fraction of sp³-hybridized carbons (Fsp3) is 0.867. The van der Waals surface area contributed by atoms with Gasteiger partial charge in [0.05, 0.1) is 20.3 Å². The molecule has 2 rings (SSSR count). The second kappa shape index (κ2) is 8.70. The standard InChI is InChI=1S/C15H26N2O4.ClH/c1-11-3-5-15(6-4-11,14(19)20-2)17-13(18)9-12-10-21-8-7-16-12;/h11-12,16H,3-10H2,1-2H3,(H,17,18);1H. The molecule has 128 valence electrons. The van der Waals surface area contributed by atoms with Crippen molar-refractivity contribution in [2.24, 2.45) is 5.92 Å². The summed E-state index contributed by atoms with van der Waals surface area (Å²) in [5.74, 6) is 0.154. The van der Waals surface area contributed by atoms with Gasteiger partial charge in [0.25, 0.3) is 0 Å². The summed E-state index contributed by atoms with van der Waals surface area (Å²) in [5, 5.41) is 6.19. The molecule has 0 bridgehead atoms. The molecule has 7 heteroatoms. The van der Waals surface area contributed by atoms with Crippen LogP contribution in [0.3, 0.4) is 0 Å². The van der Waals surface area contributed by atoms with Crippen molar-refractivity contribution in [1.82, 2.24) is 10.6 Å². The Morgan fingerprint density at radius 2 is 2.05 bits per heavy atom. The Morgan fingerprint density at radius 3 is 2.59 bits per heavy atom. The minimum Gasteiger partial charge on any atom is -0.467 e. The lowest BCUT2D eigenvalue weighted by Gasteiger charge is -2.38. The lowest BCUT2D eigenvalue weighted by Crippen LogP contribution is -2.58. The van der Waals surface area contributed by atoms with Crippen molar-refractivity contribution in [3.8, 4) is 0 Å². The first kappa shape index (κ1) is 19.2. The van der Waals surface area contributed by atoms with Gasteiger partial charge in [-0.25, -0.2) is 4.79 Å². The molecular formula is C15H27ClN2O4. The number of amides is 1. The van der Waals surface area contributed by atoms with Crippen molar-refractivity contribution in [2.75, 3.05) is 26.9 Å². The maximum atomic E-state index is 12.3. The van der Waals surface area contributed by atoms with Crippen LogP contribution in [-0.2, 0) is 19.1 Å². The fourth-order valence-corrected chi connectivity index (χ4v) is 3.12. The number of hydrogen-bond donors (Lipinski definition) is 2. The first-order chi connectivity index (χ1) is 10.1. The number of halogens is 1. The summed E-state index contributed by atoms with van der Waals surface area (Å²) in [6, 6.07) is 0.0240. The van der Waals surface area contributed by atoms with Crippen molar-refractivity contribution in [1.29, 1.82) is 0 Å². The Balaban J connectivity index is 0.00000242.